The first-order valence-corrected chi connectivity index (χ1v) is 8.70. The van der Waals surface area contributed by atoms with Crippen molar-refractivity contribution >= 4 is 25.7 Å². The second-order valence-corrected chi connectivity index (χ2v) is 7.76. The number of sulfonamides is 1. The molecule has 18 heavy (non-hydrogen) atoms. The summed E-state index contributed by atoms with van der Waals surface area (Å²) in [5.41, 5.74) is 5.49. The molecule has 0 spiro atoms. The van der Waals surface area contributed by atoms with Gasteiger partial charge < -0.3 is 5.73 Å². The number of rotatable bonds is 6. The number of hydrogen-bond acceptors (Lipinski definition) is 6. The van der Waals surface area contributed by atoms with Gasteiger partial charge in [0.2, 0.25) is 10.0 Å². The van der Waals surface area contributed by atoms with Gasteiger partial charge in [-0.1, -0.05) is 0 Å². The van der Waals surface area contributed by atoms with E-state index in [1.165, 1.54) is 10.9 Å². The third kappa shape index (κ3) is 3.96. The van der Waals surface area contributed by atoms with Gasteiger partial charge in [-0.2, -0.15) is 5.10 Å². The summed E-state index contributed by atoms with van der Waals surface area (Å²) in [5.74, 6) is -0.377. The van der Waals surface area contributed by atoms with E-state index in [1.54, 1.807) is 6.92 Å². The summed E-state index contributed by atoms with van der Waals surface area (Å²) < 4.78 is 49.0. The van der Waals surface area contributed by atoms with Crippen molar-refractivity contribution in [3.8, 4) is 0 Å². The molecule has 0 aliphatic heterocycles. The van der Waals surface area contributed by atoms with E-state index in [9.17, 15) is 16.8 Å². The number of nitrogens with two attached hydrogens (primary N) is 1. The Labute approximate surface area is 106 Å². The topological polar surface area (TPSA) is 124 Å². The van der Waals surface area contributed by atoms with Gasteiger partial charge >= 0.3 is 0 Å². The number of anilines is 1. The van der Waals surface area contributed by atoms with E-state index >= 15 is 0 Å². The van der Waals surface area contributed by atoms with Gasteiger partial charge in [-0.3, -0.25) is 4.68 Å². The molecule has 104 valence electrons. The van der Waals surface area contributed by atoms with E-state index in [-0.39, 0.29) is 23.0 Å². The SMILES string of the molecule is CCn1cc(S(=O)(=O)NCCS(C)(=O)=O)c(N)n1. The van der Waals surface area contributed by atoms with Crippen molar-refractivity contribution < 1.29 is 16.8 Å². The van der Waals surface area contributed by atoms with Crippen LogP contribution in [0.2, 0.25) is 0 Å². The highest BCUT2D eigenvalue weighted by Crippen LogP contribution is 2.15. The Morgan fingerprint density at radius 1 is 1.39 bits per heavy atom. The van der Waals surface area contributed by atoms with Gasteiger partial charge in [-0.25, -0.2) is 21.6 Å². The summed E-state index contributed by atoms with van der Waals surface area (Å²) in [6.07, 6.45) is 2.34. The van der Waals surface area contributed by atoms with E-state index in [4.69, 9.17) is 5.73 Å². The number of nitrogens with one attached hydrogen (secondary N) is 1. The molecular weight excluding hydrogens is 280 g/mol. The van der Waals surface area contributed by atoms with Gasteiger partial charge in [0.15, 0.2) is 5.82 Å². The highest BCUT2D eigenvalue weighted by Gasteiger charge is 2.20. The van der Waals surface area contributed by atoms with Gasteiger partial charge in [0.05, 0.1) is 5.75 Å². The molecule has 0 aliphatic rings. The summed E-state index contributed by atoms with van der Waals surface area (Å²) in [4.78, 5) is -0.141. The van der Waals surface area contributed by atoms with Gasteiger partial charge in [-0.05, 0) is 6.92 Å². The summed E-state index contributed by atoms with van der Waals surface area (Å²) in [5, 5.41) is 3.81. The Morgan fingerprint density at radius 2 is 2.00 bits per heavy atom. The highest BCUT2D eigenvalue weighted by molar-refractivity contribution is 7.91. The maximum atomic E-state index is 11.8. The van der Waals surface area contributed by atoms with Crippen LogP contribution in [0, 0.1) is 0 Å². The fourth-order valence-corrected chi connectivity index (χ4v) is 2.93. The maximum absolute atomic E-state index is 11.8. The largest absolute Gasteiger partial charge is 0.381 e. The molecule has 0 fully saturated rings. The Balaban J connectivity index is 2.83. The van der Waals surface area contributed by atoms with Crippen molar-refractivity contribution in [2.75, 3.05) is 24.3 Å². The van der Waals surface area contributed by atoms with Gasteiger partial charge in [0.1, 0.15) is 14.7 Å². The van der Waals surface area contributed by atoms with Crippen LogP contribution in [-0.2, 0) is 26.4 Å². The molecule has 1 rings (SSSR count). The first kappa shape index (κ1) is 14.9. The molecule has 0 bridgehead atoms. The lowest BCUT2D eigenvalue weighted by molar-refractivity contribution is 0.581. The van der Waals surface area contributed by atoms with Crippen LogP contribution in [0.15, 0.2) is 11.1 Å². The average Bonchev–Trinajstić information content (AvgIpc) is 2.58. The second-order valence-electron chi connectivity index (χ2n) is 3.76. The smallest absolute Gasteiger partial charge is 0.245 e. The Bertz CT molecular complexity index is 618. The summed E-state index contributed by atoms with van der Waals surface area (Å²) in [6.45, 7) is 2.08. The van der Waals surface area contributed by atoms with E-state index in [0.717, 1.165) is 6.26 Å². The van der Waals surface area contributed by atoms with Crippen LogP contribution >= 0.6 is 0 Å². The zero-order valence-electron chi connectivity index (χ0n) is 10.1. The lowest BCUT2D eigenvalue weighted by Crippen LogP contribution is -2.29. The minimum Gasteiger partial charge on any atom is -0.381 e. The third-order valence-electron chi connectivity index (χ3n) is 2.13. The summed E-state index contributed by atoms with van der Waals surface area (Å²) in [6, 6.07) is 0. The Morgan fingerprint density at radius 3 is 2.44 bits per heavy atom. The molecule has 0 aromatic carbocycles. The molecule has 0 amide bonds. The predicted molar refractivity (Wildman–Crippen MR) is 67.2 cm³/mol. The molecule has 1 heterocycles. The third-order valence-corrected chi connectivity index (χ3v) is 4.56. The molecular formula is C8H16N4O4S2. The molecule has 1 aromatic heterocycles. The molecule has 0 radical (unpaired) electrons. The molecule has 8 nitrogen and oxygen atoms in total. The Hall–Kier alpha value is -1.13. The average molecular weight is 296 g/mol. The van der Waals surface area contributed by atoms with Crippen molar-refractivity contribution in [2.24, 2.45) is 0 Å². The fourth-order valence-electron chi connectivity index (χ4n) is 1.23. The molecule has 0 atom stereocenters. The van der Waals surface area contributed by atoms with Crippen LogP contribution in [0.4, 0.5) is 5.82 Å². The second kappa shape index (κ2) is 5.24. The maximum Gasteiger partial charge on any atom is 0.245 e. The van der Waals surface area contributed by atoms with Crippen molar-refractivity contribution in [3.63, 3.8) is 0 Å². The number of aryl methyl sites for hydroxylation is 1. The fraction of sp³-hybridized carbons (Fsp3) is 0.625. The van der Waals surface area contributed by atoms with E-state index in [1.807, 2.05) is 0 Å². The van der Waals surface area contributed by atoms with Crippen LogP contribution in [0.25, 0.3) is 0 Å². The minimum absolute atomic E-state index is 0.108. The molecule has 0 saturated carbocycles. The molecule has 1 aromatic rings. The van der Waals surface area contributed by atoms with E-state index in [2.05, 4.69) is 9.82 Å². The van der Waals surface area contributed by atoms with Crippen LogP contribution in [0.3, 0.4) is 0 Å². The number of nitrogen functional groups attached to an aromatic ring is 1. The van der Waals surface area contributed by atoms with E-state index in [0.29, 0.717) is 6.54 Å². The monoisotopic (exact) mass is 296 g/mol. The van der Waals surface area contributed by atoms with Crippen molar-refractivity contribution in [3.05, 3.63) is 6.20 Å². The molecule has 0 aliphatic carbocycles. The standard InChI is InChI=1S/C8H16N4O4S2/c1-3-12-6-7(8(9)11-12)18(15,16)10-4-5-17(2,13)14/h6,10H,3-5H2,1-2H3,(H2,9,11). The predicted octanol–water partition coefficient (Wildman–Crippen LogP) is -1.19. The molecule has 0 saturated heterocycles. The quantitative estimate of drug-likeness (QED) is 0.680. The lowest BCUT2D eigenvalue weighted by atomic mass is 10.6. The Kier molecular flexibility index (Phi) is 4.35. The molecule has 0 unspecified atom stereocenters. The number of aromatic nitrogens is 2. The van der Waals surface area contributed by atoms with Crippen molar-refractivity contribution in [1.82, 2.24) is 14.5 Å². The molecule has 3 N–H and O–H groups in total. The van der Waals surface area contributed by atoms with Gasteiger partial charge in [-0.15, -0.1) is 0 Å². The summed E-state index contributed by atoms with van der Waals surface area (Å²) in [7, 11) is -7.04. The highest BCUT2D eigenvalue weighted by atomic mass is 32.2. The first-order chi connectivity index (χ1) is 8.15. The van der Waals surface area contributed by atoms with Gasteiger partial charge in [0, 0.05) is 25.5 Å². The van der Waals surface area contributed by atoms with Crippen LogP contribution in [0.1, 0.15) is 6.92 Å². The minimum atomic E-state index is -3.83. The van der Waals surface area contributed by atoms with E-state index < -0.39 is 19.9 Å². The molecule has 10 heteroatoms. The van der Waals surface area contributed by atoms with Crippen LogP contribution in [-0.4, -0.2) is 45.2 Å². The first-order valence-electron chi connectivity index (χ1n) is 5.16. The zero-order valence-corrected chi connectivity index (χ0v) is 11.8. The van der Waals surface area contributed by atoms with Crippen molar-refractivity contribution in [2.45, 2.75) is 18.4 Å². The van der Waals surface area contributed by atoms with Gasteiger partial charge in [0.25, 0.3) is 0 Å². The zero-order chi connectivity index (χ0) is 14.0. The number of hydrogen-bond donors (Lipinski definition) is 2. The van der Waals surface area contributed by atoms with Crippen molar-refractivity contribution in [1.29, 1.82) is 0 Å². The van der Waals surface area contributed by atoms with Crippen LogP contribution in [0.5, 0.6) is 0 Å². The lowest BCUT2D eigenvalue weighted by Gasteiger charge is -2.04. The number of nitrogens with zero attached hydrogens (tertiary/aromatic N) is 2. The normalized spacial score (nSPS) is 12.8. The van der Waals surface area contributed by atoms with Crippen LogP contribution < -0.4 is 10.5 Å². The summed E-state index contributed by atoms with van der Waals surface area (Å²) >= 11 is 0. The number of sulfone groups is 1.